The Hall–Kier alpha value is -2.25. The van der Waals surface area contributed by atoms with Crippen LogP contribution in [0.5, 0.6) is 0 Å². The fourth-order valence-corrected chi connectivity index (χ4v) is 3.36. The highest BCUT2D eigenvalue weighted by Crippen LogP contribution is 2.39. The Balaban J connectivity index is 1.76. The Labute approximate surface area is 141 Å². The smallest absolute Gasteiger partial charge is 0.133 e. The molecule has 114 valence electrons. The van der Waals surface area contributed by atoms with Crippen LogP contribution in [0.25, 0.3) is 22.8 Å². The summed E-state index contributed by atoms with van der Waals surface area (Å²) >= 11 is 6.02. The summed E-state index contributed by atoms with van der Waals surface area (Å²) in [5.74, 6) is 1.01. The van der Waals surface area contributed by atoms with Crippen molar-refractivity contribution < 1.29 is 4.42 Å². The van der Waals surface area contributed by atoms with Crippen LogP contribution in [0.4, 0.5) is 0 Å². The van der Waals surface area contributed by atoms with E-state index in [1.165, 1.54) is 39.0 Å². The van der Waals surface area contributed by atoms with E-state index in [0.717, 1.165) is 17.2 Å². The average molecular weight is 321 g/mol. The summed E-state index contributed by atoms with van der Waals surface area (Å²) in [5.41, 5.74) is 8.80. The minimum atomic E-state index is 0.766. The molecule has 0 fully saturated rings. The number of fused-ring (bicyclic) bond motifs is 1. The maximum atomic E-state index is 6.02. The van der Waals surface area contributed by atoms with Crippen LogP contribution in [0.3, 0.4) is 0 Å². The van der Waals surface area contributed by atoms with Crippen LogP contribution in [0.15, 0.2) is 53.1 Å². The molecule has 0 aliphatic heterocycles. The van der Waals surface area contributed by atoms with Crippen molar-refractivity contribution in [2.75, 3.05) is 0 Å². The molecule has 23 heavy (non-hydrogen) atoms. The number of benzene rings is 2. The van der Waals surface area contributed by atoms with Gasteiger partial charge in [0, 0.05) is 17.0 Å². The molecule has 1 aromatic heterocycles. The van der Waals surface area contributed by atoms with Crippen molar-refractivity contribution in [2.24, 2.45) is 0 Å². The molecular weight excluding hydrogens is 304 g/mol. The third kappa shape index (κ3) is 2.42. The van der Waals surface area contributed by atoms with Crippen molar-refractivity contribution in [1.29, 1.82) is 0 Å². The molecule has 2 heteroatoms. The lowest BCUT2D eigenvalue weighted by Gasteiger charge is -2.09. The summed E-state index contributed by atoms with van der Waals surface area (Å²) in [6.45, 7) is 4.21. The number of hydrogen-bond donors (Lipinski definition) is 0. The van der Waals surface area contributed by atoms with Crippen LogP contribution < -0.4 is 0 Å². The van der Waals surface area contributed by atoms with Gasteiger partial charge in [0.1, 0.15) is 5.76 Å². The molecule has 1 aliphatic rings. The van der Waals surface area contributed by atoms with Gasteiger partial charge < -0.3 is 4.42 Å². The zero-order valence-corrected chi connectivity index (χ0v) is 13.9. The zero-order chi connectivity index (χ0) is 16.0. The fraction of sp³-hybridized carbons (Fsp3) is 0.143. The maximum absolute atomic E-state index is 6.02. The van der Waals surface area contributed by atoms with Gasteiger partial charge in [-0.05, 0) is 65.4 Å². The zero-order valence-electron chi connectivity index (χ0n) is 13.2. The first kappa shape index (κ1) is 14.3. The number of rotatable bonds is 2. The second kappa shape index (κ2) is 5.43. The predicted molar refractivity (Wildman–Crippen MR) is 96.6 cm³/mol. The van der Waals surface area contributed by atoms with Crippen molar-refractivity contribution in [3.8, 4) is 11.1 Å². The molecule has 1 heterocycles. The number of halogens is 1. The van der Waals surface area contributed by atoms with Crippen LogP contribution >= 0.6 is 11.6 Å². The third-order valence-electron chi connectivity index (χ3n) is 4.64. The third-order valence-corrected chi connectivity index (χ3v) is 4.89. The van der Waals surface area contributed by atoms with Crippen molar-refractivity contribution >= 4 is 23.3 Å². The number of hydrogen-bond acceptors (Lipinski definition) is 1. The summed E-state index contributed by atoms with van der Waals surface area (Å²) < 4.78 is 5.79. The van der Waals surface area contributed by atoms with Crippen LogP contribution in [0.1, 0.15) is 28.0 Å². The maximum Gasteiger partial charge on any atom is 0.133 e. The van der Waals surface area contributed by atoms with Gasteiger partial charge >= 0.3 is 0 Å². The fourth-order valence-electron chi connectivity index (χ4n) is 3.23. The molecule has 1 aliphatic carbocycles. The van der Waals surface area contributed by atoms with Gasteiger partial charge in [-0.1, -0.05) is 41.9 Å². The minimum Gasteiger partial charge on any atom is -0.464 e. The molecule has 0 radical (unpaired) electrons. The molecule has 2 aromatic carbocycles. The molecule has 0 saturated carbocycles. The van der Waals surface area contributed by atoms with E-state index < -0.39 is 0 Å². The van der Waals surface area contributed by atoms with Crippen LogP contribution in [0, 0.1) is 13.8 Å². The van der Waals surface area contributed by atoms with Gasteiger partial charge in [0.05, 0.1) is 6.26 Å². The lowest BCUT2D eigenvalue weighted by Crippen LogP contribution is -1.91. The van der Waals surface area contributed by atoms with E-state index in [4.69, 9.17) is 16.0 Å². The van der Waals surface area contributed by atoms with Gasteiger partial charge in [0.15, 0.2) is 0 Å². The molecular formula is C21H17ClO. The van der Waals surface area contributed by atoms with Gasteiger partial charge in [-0.15, -0.1) is 0 Å². The van der Waals surface area contributed by atoms with Crippen molar-refractivity contribution in [1.82, 2.24) is 0 Å². The first-order valence-electron chi connectivity index (χ1n) is 7.77. The number of aryl methyl sites for hydroxylation is 1. The van der Waals surface area contributed by atoms with Crippen molar-refractivity contribution in [3.05, 3.63) is 81.8 Å². The Morgan fingerprint density at radius 1 is 1.00 bits per heavy atom. The lowest BCUT2D eigenvalue weighted by molar-refractivity contribution is 0.548. The first-order valence-corrected chi connectivity index (χ1v) is 8.15. The number of allylic oxidation sites excluding steroid dienone is 1. The topological polar surface area (TPSA) is 13.1 Å². The summed E-state index contributed by atoms with van der Waals surface area (Å²) in [6.07, 6.45) is 5.00. The molecule has 1 nitrogen and oxygen atoms in total. The number of furan rings is 1. The molecule has 0 amide bonds. The second-order valence-electron chi connectivity index (χ2n) is 6.10. The normalized spacial score (nSPS) is 13.1. The molecule has 0 N–H and O–H groups in total. The van der Waals surface area contributed by atoms with Crippen molar-refractivity contribution in [2.45, 2.75) is 20.3 Å². The van der Waals surface area contributed by atoms with Crippen LogP contribution in [-0.4, -0.2) is 0 Å². The van der Waals surface area contributed by atoms with E-state index in [2.05, 4.69) is 50.3 Å². The highest BCUT2D eigenvalue weighted by molar-refractivity contribution is 6.30. The van der Waals surface area contributed by atoms with E-state index in [0.29, 0.717) is 0 Å². The first-order chi connectivity index (χ1) is 11.1. The Morgan fingerprint density at radius 3 is 2.48 bits per heavy atom. The predicted octanol–water partition coefficient (Wildman–Crippen LogP) is 6.31. The summed E-state index contributed by atoms with van der Waals surface area (Å²) in [5, 5.41) is 0.766. The van der Waals surface area contributed by atoms with Crippen LogP contribution in [-0.2, 0) is 6.42 Å². The standard InChI is InChI=1S/C21H17ClO/c1-13-12-23-21(14(13)2)17-10-16-4-3-5-19(20(16)11-17)15-6-8-18(22)9-7-15/h3-10,12H,11H2,1-2H3. The summed E-state index contributed by atoms with van der Waals surface area (Å²) in [7, 11) is 0. The van der Waals surface area contributed by atoms with Gasteiger partial charge in [0.2, 0.25) is 0 Å². The van der Waals surface area contributed by atoms with E-state index >= 15 is 0 Å². The molecule has 0 saturated heterocycles. The van der Waals surface area contributed by atoms with E-state index in [9.17, 15) is 0 Å². The molecule has 4 rings (SSSR count). The SMILES string of the molecule is Cc1coc(C2=Cc3cccc(-c4ccc(Cl)cc4)c3C2)c1C. The summed E-state index contributed by atoms with van der Waals surface area (Å²) in [4.78, 5) is 0. The lowest BCUT2D eigenvalue weighted by atomic mass is 9.95. The summed E-state index contributed by atoms with van der Waals surface area (Å²) in [6, 6.07) is 14.5. The van der Waals surface area contributed by atoms with E-state index in [1.807, 2.05) is 18.4 Å². The quantitative estimate of drug-likeness (QED) is 0.539. The molecule has 0 atom stereocenters. The average Bonchev–Trinajstić information content (AvgIpc) is 3.12. The van der Waals surface area contributed by atoms with Gasteiger partial charge in [-0.25, -0.2) is 0 Å². The molecule has 0 unspecified atom stereocenters. The molecule has 0 spiro atoms. The van der Waals surface area contributed by atoms with Gasteiger partial charge in [0.25, 0.3) is 0 Å². The molecule has 3 aromatic rings. The van der Waals surface area contributed by atoms with Gasteiger partial charge in [-0.3, -0.25) is 0 Å². The largest absolute Gasteiger partial charge is 0.464 e. The Kier molecular flexibility index (Phi) is 3.39. The van der Waals surface area contributed by atoms with Crippen molar-refractivity contribution in [3.63, 3.8) is 0 Å². The minimum absolute atomic E-state index is 0.766. The second-order valence-corrected chi connectivity index (χ2v) is 6.54. The van der Waals surface area contributed by atoms with E-state index in [-0.39, 0.29) is 0 Å². The Morgan fingerprint density at radius 2 is 1.78 bits per heavy atom. The highest BCUT2D eigenvalue weighted by atomic mass is 35.5. The monoisotopic (exact) mass is 320 g/mol. The molecule has 0 bridgehead atoms. The highest BCUT2D eigenvalue weighted by Gasteiger charge is 2.21. The van der Waals surface area contributed by atoms with Crippen LogP contribution in [0.2, 0.25) is 5.02 Å². The van der Waals surface area contributed by atoms with E-state index in [1.54, 1.807) is 0 Å². The Bertz CT molecular complexity index is 914. The van der Waals surface area contributed by atoms with Gasteiger partial charge in [-0.2, -0.15) is 0 Å².